The van der Waals surface area contributed by atoms with E-state index in [1.165, 1.54) is 6.92 Å². The first kappa shape index (κ1) is 14.3. The summed E-state index contributed by atoms with van der Waals surface area (Å²) in [6.45, 7) is 1.22. The van der Waals surface area contributed by atoms with Gasteiger partial charge in [-0.05, 0) is 11.6 Å². The average Bonchev–Trinajstić information content (AvgIpc) is 2.28. The third-order valence-electron chi connectivity index (χ3n) is 2.08. The summed E-state index contributed by atoms with van der Waals surface area (Å²) in [7, 11) is -1.37. The van der Waals surface area contributed by atoms with Crippen LogP contribution >= 0.6 is 0 Å². The van der Waals surface area contributed by atoms with Crippen LogP contribution in [0.25, 0.3) is 0 Å². The minimum Gasteiger partial charge on any atom is -0.480 e. The van der Waals surface area contributed by atoms with Gasteiger partial charge in [0, 0.05) is 30.1 Å². The largest absolute Gasteiger partial charge is 0.480 e. The summed E-state index contributed by atoms with van der Waals surface area (Å²) < 4.78 is 11.8. The predicted molar refractivity (Wildman–Crippen MR) is 66.2 cm³/mol. The Kier molecular flexibility index (Phi) is 5.44. The van der Waals surface area contributed by atoms with Gasteiger partial charge in [0.1, 0.15) is 6.04 Å². The number of nitrogens with one attached hydrogen (secondary N) is 1. The van der Waals surface area contributed by atoms with E-state index < -0.39 is 28.7 Å². The second-order valence-corrected chi connectivity index (χ2v) is 5.21. The van der Waals surface area contributed by atoms with Crippen molar-refractivity contribution in [3.05, 3.63) is 30.1 Å². The standard InChI is InChI=1S/C11H14N2O4S/c1-8(14)13-10(11(15)16)7-18(17)6-9-3-2-4-12-5-9/h2-5,10H,6-7H2,1H3,(H,13,14)(H,15,16). The molecule has 2 atom stereocenters. The van der Waals surface area contributed by atoms with Crippen LogP contribution in [0.15, 0.2) is 24.5 Å². The quantitative estimate of drug-likeness (QED) is 0.753. The van der Waals surface area contributed by atoms with E-state index in [2.05, 4.69) is 10.3 Å². The minimum atomic E-state index is -1.37. The normalized spacial score (nSPS) is 13.6. The maximum absolute atomic E-state index is 11.8. The van der Waals surface area contributed by atoms with Crippen LogP contribution in [0.1, 0.15) is 12.5 Å². The van der Waals surface area contributed by atoms with E-state index in [0.717, 1.165) is 5.56 Å². The zero-order chi connectivity index (χ0) is 13.5. The number of carboxylic acid groups (broad SMARTS) is 1. The predicted octanol–water partition coefficient (Wildman–Crippen LogP) is -0.0804. The summed E-state index contributed by atoms with van der Waals surface area (Å²) in [4.78, 5) is 25.6. The van der Waals surface area contributed by atoms with Crippen LogP contribution in [0.2, 0.25) is 0 Å². The van der Waals surface area contributed by atoms with Crippen LogP contribution < -0.4 is 5.32 Å². The molecule has 18 heavy (non-hydrogen) atoms. The fourth-order valence-corrected chi connectivity index (χ4v) is 2.59. The lowest BCUT2D eigenvalue weighted by Gasteiger charge is -2.12. The van der Waals surface area contributed by atoms with Gasteiger partial charge in [0.15, 0.2) is 0 Å². The summed E-state index contributed by atoms with van der Waals surface area (Å²) in [6, 6.07) is 2.36. The maximum atomic E-state index is 11.8. The first-order valence-electron chi connectivity index (χ1n) is 5.23. The van der Waals surface area contributed by atoms with Crippen molar-refractivity contribution in [3.8, 4) is 0 Å². The van der Waals surface area contributed by atoms with Crippen LogP contribution in [0, 0.1) is 0 Å². The number of nitrogens with zero attached hydrogens (tertiary/aromatic N) is 1. The second kappa shape index (κ2) is 6.85. The molecule has 2 unspecified atom stereocenters. The van der Waals surface area contributed by atoms with E-state index in [9.17, 15) is 13.8 Å². The summed E-state index contributed by atoms with van der Waals surface area (Å²) in [5.74, 6) is -1.55. The van der Waals surface area contributed by atoms with Crippen LogP contribution in [0.5, 0.6) is 0 Å². The van der Waals surface area contributed by atoms with E-state index in [1.54, 1.807) is 24.5 Å². The zero-order valence-electron chi connectivity index (χ0n) is 9.83. The smallest absolute Gasteiger partial charge is 0.327 e. The first-order valence-corrected chi connectivity index (χ1v) is 6.71. The molecule has 2 N–H and O–H groups in total. The Morgan fingerprint density at radius 2 is 2.28 bits per heavy atom. The number of hydrogen-bond donors (Lipinski definition) is 2. The Bertz CT molecular complexity index is 450. The van der Waals surface area contributed by atoms with Crippen molar-refractivity contribution in [2.24, 2.45) is 0 Å². The Morgan fingerprint density at radius 3 is 2.78 bits per heavy atom. The molecule has 1 aromatic rings. The van der Waals surface area contributed by atoms with Gasteiger partial charge < -0.3 is 10.4 Å². The molecular formula is C11H14N2O4S. The fraction of sp³-hybridized carbons (Fsp3) is 0.364. The molecule has 1 rings (SSSR count). The number of carbonyl (C=O) groups is 2. The third kappa shape index (κ3) is 5.05. The zero-order valence-corrected chi connectivity index (χ0v) is 10.6. The Hall–Kier alpha value is -1.76. The average molecular weight is 270 g/mol. The van der Waals surface area contributed by atoms with Crippen LogP contribution in [0.4, 0.5) is 0 Å². The van der Waals surface area contributed by atoms with Gasteiger partial charge in [-0.25, -0.2) is 4.79 Å². The molecule has 0 aliphatic heterocycles. The molecule has 0 saturated carbocycles. The van der Waals surface area contributed by atoms with Crippen LogP contribution in [0.3, 0.4) is 0 Å². The molecule has 1 aromatic heterocycles. The van der Waals surface area contributed by atoms with E-state index in [0.29, 0.717) is 0 Å². The number of aromatic nitrogens is 1. The summed E-state index contributed by atoms with van der Waals surface area (Å²) in [5, 5.41) is 11.1. The van der Waals surface area contributed by atoms with Gasteiger partial charge in [0.25, 0.3) is 0 Å². The molecule has 0 spiro atoms. The highest BCUT2D eigenvalue weighted by Crippen LogP contribution is 2.02. The molecular weight excluding hydrogens is 256 g/mol. The molecule has 0 aliphatic carbocycles. The van der Waals surface area contributed by atoms with E-state index in [1.807, 2.05) is 0 Å². The molecule has 0 fully saturated rings. The number of carbonyl (C=O) groups excluding carboxylic acids is 1. The van der Waals surface area contributed by atoms with Crippen LogP contribution in [-0.2, 0) is 26.1 Å². The number of rotatable bonds is 6. The Balaban J connectivity index is 2.56. The van der Waals surface area contributed by atoms with Crippen molar-refractivity contribution in [1.29, 1.82) is 0 Å². The minimum absolute atomic E-state index is 0.121. The monoisotopic (exact) mass is 270 g/mol. The van der Waals surface area contributed by atoms with Gasteiger partial charge in [-0.15, -0.1) is 0 Å². The lowest BCUT2D eigenvalue weighted by atomic mass is 10.3. The van der Waals surface area contributed by atoms with Crippen molar-refractivity contribution in [3.63, 3.8) is 0 Å². The molecule has 0 bridgehead atoms. The van der Waals surface area contributed by atoms with Crippen molar-refractivity contribution in [2.45, 2.75) is 18.7 Å². The molecule has 1 amide bonds. The maximum Gasteiger partial charge on any atom is 0.327 e. The van der Waals surface area contributed by atoms with Crippen LogP contribution in [-0.4, -0.2) is 38.0 Å². The number of amides is 1. The number of aliphatic carboxylic acids is 1. The molecule has 6 nitrogen and oxygen atoms in total. The molecule has 0 aromatic carbocycles. The summed E-state index contributed by atoms with van der Waals surface area (Å²) in [6.07, 6.45) is 3.18. The van der Waals surface area contributed by atoms with Gasteiger partial charge in [-0.2, -0.15) is 0 Å². The fourth-order valence-electron chi connectivity index (χ4n) is 1.33. The lowest BCUT2D eigenvalue weighted by Crippen LogP contribution is -2.43. The molecule has 0 aliphatic rings. The summed E-state index contributed by atoms with van der Waals surface area (Å²) in [5.41, 5.74) is 0.766. The SMILES string of the molecule is CC(=O)NC(CS(=O)Cc1cccnc1)C(=O)O. The Morgan fingerprint density at radius 1 is 1.56 bits per heavy atom. The summed E-state index contributed by atoms with van der Waals surface area (Å²) >= 11 is 0. The van der Waals surface area contributed by atoms with Crippen molar-refractivity contribution < 1.29 is 18.9 Å². The molecule has 0 saturated heterocycles. The van der Waals surface area contributed by atoms with E-state index in [-0.39, 0.29) is 11.5 Å². The first-order chi connectivity index (χ1) is 8.49. The highest BCUT2D eigenvalue weighted by Gasteiger charge is 2.21. The Labute approximate surface area is 107 Å². The number of carboxylic acids is 1. The van der Waals surface area contributed by atoms with Gasteiger partial charge in [0.2, 0.25) is 5.91 Å². The number of pyridine rings is 1. The third-order valence-corrected chi connectivity index (χ3v) is 3.44. The lowest BCUT2D eigenvalue weighted by molar-refractivity contribution is -0.140. The molecule has 1 heterocycles. The van der Waals surface area contributed by atoms with E-state index in [4.69, 9.17) is 5.11 Å². The van der Waals surface area contributed by atoms with Gasteiger partial charge in [-0.3, -0.25) is 14.0 Å². The second-order valence-electron chi connectivity index (χ2n) is 3.70. The van der Waals surface area contributed by atoms with Crippen molar-refractivity contribution >= 4 is 22.7 Å². The molecule has 98 valence electrons. The van der Waals surface area contributed by atoms with Gasteiger partial charge in [0.05, 0.1) is 11.5 Å². The molecule has 0 radical (unpaired) electrons. The van der Waals surface area contributed by atoms with Gasteiger partial charge >= 0.3 is 5.97 Å². The topological polar surface area (TPSA) is 96.4 Å². The highest BCUT2D eigenvalue weighted by atomic mass is 32.2. The highest BCUT2D eigenvalue weighted by molar-refractivity contribution is 7.84. The molecule has 7 heteroatoms. The van der Waals surface area contributed by atoms with Crippen molar-refractivity contribution in [2.75, 3.05) is 5.75 Å². The van der Waals surface area contributed by atoms with E-state index >= 15 is 0 Å². The van der Waals surface area contributed by atoms with Gasteiger partial charge in [-0.1, -0.05) is 6.07 Å². The van der Waals surface area contributed by atoms with Crippen molar-refractivity contribution in [1.82, 2.24) is 10.3 Å². The number of hydrogen-bond acceptors (Lipinski definition) is 4.